The molecule has 2 aromatic heterocycles. The molecule has 2 aromatic carbocycles. The van der Waals surface area contributed by atoms with Crippen molar-refractivity contribution < 1.29 is 9.84 Å². The van der Waals surface area contributed by atoms with Crippen LogP contribution >= 0.6 is 0 Å². The van der Waals surface area contributed by atoms with E-state index in [2.05, 4.69) is 26.0 Å². The van der Waals surface area contributed by atoms with Crippen LogP contribution in [0.25, 0.3) is 22.6 Å². The fourth-order valence-electron chi connectivity index (χ4n) is 3.11. The third-order valence-electron chi connectivity index (χ3n) is 4.73. The summed E-state index contributed by atoms with van der Waals surface area (Å²) in [6.07, 6.45) is 2.20. The van der Waals surface area contributed by atoms with Crippen LogP contribution in [0.3, 0.4) is 0 Å². The van der Waals surface area contributed by atoms with E-state index in [0.717, 1.165) is 11.3 Å². The first-order valence-electron chi connectivity index (χ1n) is 9.91. The van der Waals surface area contributed by atoms with E-state index in [4.69, 9.17) is 10.5 Å². The number of aliphatic hydroxyl groups is 1. The molecule has 32 heavy (non-hydrogen) atoms. The SMILES string of the molecule is Cc1nc(Oc2cc(C#N)ccc2-c2ncc([C@H](O)CN)cn2)cc(-c2ccccc2)n1. The van der Waals surface area contributed by atoms with E-state index in [1.54, 1.807) is 31.2 Å². The first-order chi connectivity index (χ1) is 15.6. The fourth-order valence-corrected chi connectivity index (χ4v) is 3.11. The van der Waals surface area contributed by atoms with Crippen LogP contribution in [-0.4, -0.2) is 31.6 Å². The van der Waals surface area contributed by atoms with Gasteiger partial charge >= 0.3 is 0 Å². The van der Waals surface area contributed by atoms with E-state index < -0.39 is 6.10 Å². The van der Waals surface area contributed by atoms with E-state index in [-0.39, 0.29) is 6.54 Å². The molecule has 0 amide bonds. The predicted octanol–water partition coefficient (Wildman–Crippen LogP) is 3.57. The first kappa shape index (κ1) is 21.1. The van der Waals surface area contributed by atoms with Gasteiger partial charge in [-0.3, -0.25) is 0 Å². The lowest BCUT2D eigenvalue weighted by molar-refractivity contribution is 0.186. The molecule has 0 radical (unpaired) electrons. The minimum Gasteiger partial charge on any atom is -0.438 e. The quantitative estimate of drug-likeness (QED) is 0.480. The molecular formula is C24H20N6O2. The number of hydrogen-bond acceptors (Lipinski definition) is 8. The number of nitrogens with zero attached hydrogens (tertiary/aromatic N) is 5. The minimum atomic E-state index is -0.832. The second-order valence-electron chi connectivity index (χ2n) is 7.02. The standard InChI is InChI=1S/C24H20N6O2/c1-15-29-20(17-5-3-2-4-6-17)10-23(30-15)32-22-9-16(11-25)7-8-19(22)24-27-13-18(14-28-24)21(31)12-26/h2-10,13-14,21,31H,12,26H2,1H3/t21-/m1/s1. The summed E-state index contributed by atoms with van der Waals surface area (Å²) in [6.45, 7) is 1.86. The number of aryl methyl sites for hydroxylation is 1. The maximum atomic E-state index is 9.87. The molecule has 0 bridgehead atoms. The number of ether oxygens (including phenoxy) is 1. The molecule has 0 aliphatic heterocycles. The summed E-state index contributed by atoms with van der Waals surface area (Å²) in [6, 6.07) is 18.6. The van der Waals surface area contributed by atoms with Crippen molar-refractivity contribution in [2.45, 2.75) is 13.0 Å². The van der Waals surface area contributed by atoms with E-state index >= 15 is 0 Å². The lowest BCUT2D eigenvalue weighted by atomic mass is 10.1. The van der Waals surface area contributed by atoms with Crippen molar-refractivity contribution >= 4 is 0 Å². The average molecular weight is 424 g/mol. The van der Waals surface area contributed by atoms with Gasteiger partial charge in [0.25, 0.3) is 0 Å². The Labute approximate surface area is 185 Å². The number of rotatable bonds is 6. The number of nitriles is 1. The highest BCUT2D eigenvalue weighted by Gasteiger charge is 2.15. The number of aliphatic hydroxyl groups excluding tert-OH is 1. The lowest BCUT2D eigenvalue weighted by Crippen LogP contribution is -2.12. The zero-order valence-electron chi connectivity index (χ0n) is 17.3. The maximum Gasteiger partial charge on any atom is 0.223 e. The van der Waals surface area contributed by atoms with Crippen molar-refractivity contribution in [1.82, 2.24) is 19.9 Å². The summed E-state index contributed by atoms with van der Waals surface area (Å²) >= 11 is 0. The summed E-state index contributed by atoms with van der Waals surface area (Å²) in [5, 5.41) is 19.2. The van der Waals surface area contributed by atoms with Crippen molar-refractivity contribution in [2.24, 2.45) is 5.73 Å². The van der Waals surface area contributed by atoms with Gasteiger partial charge in [-0.1, -0.05) is 30.3 Å². The van der Waals surface area contributed by atoms with Crippen LogP contribution in [-0.2, 0) is 0 Å². The molecule has 3 N–H and O–H groups in total. The van der Waals surface area contributed by atoms with Crippen LogP contribution in [0.4, 0.5) is 0 Å². The third-order valence-corrected chi connectivity index (χ3v) is 4.73. The Balaban J connectivity index is 1.73. The summed E-state index contributed by atoms with van der Waals surface area (Å²) in [7, 11) is 0. The van der Waals surface area contributed by atoms with Crippen molar-refractivity contribution in [3.63, 3.8) is 0 Å². The molecule has 2 heterocycles. The highest BCUT2D eigenvalue weighted by molar-refractivity contribution is 5.67. The van der Waals surface area contributed by atoms with Gasteiger partial charge < -0.3 is 15.6 Å². The number of nitrogens with two attached hydrogens (primary N) is 1. The van der Waals surface area contributed by atoms with Gasteiger partial charge in [-0.2, -0.15) is 10.2 Å². The van der Waals surface area contributed by atoms with E-state index in [0.29, 0.717) is 40.0 Å². The fraction of sp³-hybridized carbons (Fsp3) is 0.125. The smallest absolute Gasteiger partial charge is 0.223 e. The van der Waals surface area contributed by atoms with Crippen molar-refractivity contribution in [2.75, 3.05) is 6.54 Å². The maximum absolute atomic E-state index is 9.87. The molecule has 0 fully saturated rings. The van der Waals surface area contributed by atoms with Gasteiger partial charge in [0.1, 0.15) is 11.6 Å². The molecule has 0 saturated carbocycles. The van der Waals surface area contributed by atoms with E-state index in [9.17, 15) is 10.4 Å². The summed E-state index contributed by atoms with van der Waals surface area (Å²) in [4.78, 5) is 17.6. The van der Waals surface area contributed by atoms with E-state index in [1.807, 2.05) is 30.3 Å². The molecule has 0 aliphatic carbocycles. The average Bonchev–Trinajstić information content (AvgIpc) is 2.84. The molecule has 158 valence electrons. The predicted molar refractivity (Wildman–Crippen MR) is 118 cm³/mol. The molecule has 4 rings (SSSR count). The van der Waals surface area contributed by atoms with Gasteiger partial charge in [-0.05, 0) is 25.1 Å². The third kappa shape index (κ3) is 4.59. The monoisotopic (exact) mass is 424 g/mol. The van der Waals surface area contributed by atoms with Crippen molar-refractivity contribution in [3.05, 3.63) is 83.9 Å². The molecule has 4 aromatic rings. The largest absolute Gasteiger partial charge is 0.438 e. The summed E-state index contributed by atoms with van der Waals surface area (Å²) in [5.74, 6) is 1.65. The highest BCUT2D eigenvalue weighted by Crippen LogP contribution is 2.33. The molecule has 0 spiro atoms. The van der Waals surface area contributed by atoms with Crippen LogP contribution in [0.2, 0.25) is 0 Å². The number of hydrogen-bond donors (Lipinski definition) is 2. The Kier molecular flexibility index (Phi) is 6.12. The van der Waals surface area contributed by atoms with Crippen LogP contribution in [0, 0.1) is 18.3 Å². The molecule has 0 unspecified atom stereocenters. The Morgan fingerprint density at radius 1 is 1.06 bits per heavy atom. The molecule has 8 nitrogen and oxygen atoms in total. The van der Waals surface area contributed by atoms with Crippen LogP contribution in [0.15, 0.2) is 67.0 Å². The second-order valence-corrected chi connectivity index (χ2v) is 7.02. The van der Waals surface area contributed by atoms with Crippen LogP contribution in [0.5, 0.6) is 11.6 Å². The molecular weight excluding hydrogens is 404 g/mol. The minimum absolute atomic E-state index is 0.0742. The second kappa shape index (κ2) is 9.31. The highest BCUT2D eigenvalue weighted by atomic mass is 16.5. The van der Waals surface area contributed by atoms with Crippen molar-refractivity contribution in [1.29, 1.82) is 5.26 Å². The summed E-state index contributed by atoms with van der Waals surface area (Å²) in [5.41, 5.74) is 8.68. The van der Waals surface area contributed by atoms with E-state index in [1.165, 1.54) is 12.4 Å². The molecule has 8 heteroatoms. The van der Waals surface area contributed by atoms with Gasteiger partial charge in [0.2, 0.25) is 5.88 Å². The number of benzene rings is 2. The van der Waals surface area contributed by atoms with Crippen LogP contribution in [0.1, 0.15) is 23.1 Å². The van der Waals surface area contributed by atoms with Gasteiger partial charge in [-0.25, -0.2) is 15.0 Å². The van der Waals surface area contributed by atoms with Gasteiger partial charge in [0, 0.05) is 36.1 Å². The Morgan fingerprint density at radius 3 is 2.50 bits per heavy atom. The Bertz CT molecular complexity index is 1270. The summed E-state index contributed by atoms with van der Waals surface area (Å²) < 4.78 is 6.10. The molecule has 0 saturated heterocycles. The van der Waals surface area contributed by atoms with Crippen LogP contribution < -0.4 is 10.5 Å². The first-order valence-corrected chi connectivity index (χ1v) is 9.91. The zero-order chi connectivity index (χ0) is 22.5. The topological polar surface area (TPSA) is 131 Å². The van der Waals surface area contributed by atoms with Crippen molar-refractivity contribution in [3.8, 4) is 40.3 Å². The van der Waals surface area contributed by atoms with Gasteiger partial charge in [0.15, 0.2) is 5.82 Å². The van der Waals surface area contributed by atoms with Gasteiger partial charge in [-0.15, -0.1) is 0 Å². The number of aromatic nitrogens is 4. The zero-order valence-corrected chi connectivity index (χ0v) is 17.3. The Hall–Kier alpha value is -4.19. The normalized spacial score (nSPS) is 11.6. The Morgan fingerprint density at radius 2 is 1.81 bits per heavy atom. The van der Waals surface area contributed by atoms with Gasteiger partial charge in [0.05, 0.1) is 29.0 Å². The molecule has 0 aliphatic rings. The lowest BCUT2D eigenvalue weighted by Gasteiger charge is -2.12. The molecule has 1 atom stereocenters.